The van der Waals surface area contributed by atoms with E-state index in [1.54, 1.807) is 13.3 Å². The SMILES string of the molecule is CCC1CCC(CN)C(c2c(Cl)cnn2CCOC)C1. The molecule has 0 aliphatic heterocycles. The molecule has 1 fully saturated rings. The van der Waals surface area contributed by atoms with Gasteiger partial charge in [-0.3, -0.25) is 4.68 Å². The van der Waals surface area contributed by atoms with Crippen LogP contribution in [0.1, 0.15) is 44.2 Å². The number of hydrogen-bond acceptors (Lipinski definition) is 3. The molecule has 20 heavy (non-hydrogen) atoms. The molecule has 0 radical (unpaired) electrons. The minimum Gasteiger partial charge on any atom is -0.383 e. The van der Waals surface area contributed by atoms with Crippen molar-refractivity contribution in [3.8, 4) is 0 Å². The Kier molecular flexibility index (Phi) is 5.87. The lowest BCUT2D eigenvalue weighted by Gasteiger charge is -2.36. The Hall–Kier alpha value is -0.580. The zero-order chi connectivity index (χ0) is 14.5. The van der Waals surface area contributed by atoms with Crippen LogP contribution in [0, 0.1) is 11.8 Å². The van der Waals surface area contributed by atoms with Gasteiger partial charge in [-0.2, -0.15) is 5.10 Å². The maximum absolute atomic E-state index is 6.41. The van der Waals surface area contributed by atoms with Crippen LogP contribution in [0.2, 0.25) is 5.02 Å². The number of ether oxygens (including phenoxy) is 1. The molecule has 4 nitrogen and oxygen atoms in total. The average Bonchev–Trinajstić information content (AvgIpc) is 2.85. The summed E-state index contributed by atoms with van der Waals surface area (Å²) in [4.78, 5) is 0. The van der Waals surface area contributed by atoms with E-state index in [0.29, 0.717) is 18.4 Å². The summed E-state index contributed by atoms with van der Waals surface area (Å²) in [5.74, 6) is 1.74. The third-order valence-corrected chi connectivity index (χ3v) is 4.96. The van der Waals surface area contributed by atoms with Crippen molar-refractivity contribution in [3.63, 3.8) is 0 Å². The Morgan fingerprint density at radius 1 is 1.50 bits per heavy atom. The second-order valence-corrected chi connectivity index (χ2v) is 6.19. The summed E-state index contributed by atoms with van der Waals surface area (Å²) < 4.78 is 7.18. The predicted octanol–water partition coefficient (Wildman–Crippen LogP) is 3.05. The highest BCUT2D eigenvalue weighted by Crippen LogP contribution is 2.43. The normalized spacial score (nSPS) is 26.9. The van der Waals surface area contributed by atoms with Crippen LogP contribution < -0.4 is 5.73 Å². The third kappa shape index (κ3) is 3.35. The molecule has 0 saturated heterocycles. The van der Waals surface area contributed by atoms with E-state index in [2.05, 4.69) is 12.0 Å². The van der Waals surface area contributed by atoms with Gasteiger partial charge >= 0.3 is 0 Å². The van der Waals surface area contributed by atoms with Crippen LogP contribution in [0.4, 0.5) is 0 Å². The summed E-state index contributed by atoms with van der Waals surface area (Å²) in [5.41, 5.74) is 7.15. The molecule has 5 heteroatoms. The summed E-state index contributed by atoms with van der Waals surface area (Å²) in [6, 6.07) is 0. The van der Waals surface area contributed by atoms with Gasteiger partial charge in [-0.25, -0.2) is 0 Å². The van der Waals surface area contributed by atoms with E-state index in [-0.39, 0.29) is 0 Å². The standard InChI is InChI=1S/C15H26ClN3O/c1-3-11-4-5-12(9-17)13(8-11)15-14(16)10-18-19(15)6-7-20-2/h10-13H,3-9,17H2,1-2H3. The fourth-order valence-electron chi connectivity index (χ4n) is 3.40. The molecule has 1 aromatic heterocycles. The molecule has 1 aromatic rings. The first-order valence-electron chi connectivity index (χ1n) is 7.61. The van der Waals surface area contributed by atoms with Crippen molar-refractivity contribution in [2.24, 2.45) is 17.6 Å². The molecule has 0 bridgehead atoms. The Balaban J connectivity index is 2.24. The smallest absolute Gasteiger partial charge is 0.0820 e. The quantitative estimate of drug-likeness (QED) is 0.878. The molecule has 1 heterocycles. The van der Waals surface area contributed by atoms with Crippen LogP contribution >= 0.6 is 11.6 Å². The van der Waals surface area contributed by atoms with E-state index in [4.69, 9.17) is 22.1 Å². The Morgan fingerprint density at radius 3 is 2.95 bits per heavy atom. The van der Waals surface area contributed by atoms with Crippen LogP contribution in [0.3, 0.4) is 0 Å². The number of hydrogen-bond donors (Lipinski definition) is 1. The van der Waals surface area contributed by atoms with Gasteiger partial charge in [0.2, 0.25) is 0 Å². The summed E-state index contributed by atoms with van der Waals surface area (Å²) in [7, 11) is 1.71. The third-order valence-electron chi connectivity index (χ3n) is 4.67. The summed E-state index contributed by atoms with van der Waals surface area (Å²) in [6.07, 6.45) is 6.66. The van der Waals surface area contributed by atoms with Crippen LogP contribution in [0.15, 0.2) is 6.20 Å². The number of halogens is 1. The second-order valence-electron chi connectivity index (χ2n) is 5.78. The van der Waals surface area contributed by atoms with Crippen LogP contribution in [-0.2, 0) is 11.3 Å². The highest BCUT2D eigenvalue weighted by Gasteiger charge is 2.33. The maximum atomic E-state index is 6.41. The molecule has 2 N–H and O–H groups in total. The first-order chi connectivity index (χ1) is 9.71. The van der Waals surface area contributed by atoms with Gasteiger partial charge in [0.05, 0.1) is 30.1 Å². The molecule has 1 aliphatic carbocycles. The van der Waals surface area contributed by atoms with Crippen LogP contribution in [-0.4, -0.2) is 30.0 Å². The van der Waals surface area contributed by atoms with E-state index < -0.39 is 0 Å². The van der Waals surface area contributed by atoms with Crippen molar-refractivity contribution >= 4 is 11.6 Å². The molecule has 114 valence electrons. The zero-order valence-corrected chi connectivity index (χ0v) is 13.3. The number of rotatable bonds is 6. The number of nitrogens with two attached hydrogens (primary N) is 1. The molecule has 3 unspecified atom stereocenters. The maximum Gasteiger partial charge on any atom is 0.0820 e. The number of aromatic nitrogens is 2. The number of methoxy groups -OCH3 is 1. The average molecular weight is 300 g/mol. The van der Waals surface area contributed by atoms with E-state index in [9.17, 15) is 0 Å². The Morgan fingerprint density at radius 2 is 2.30 bits per heavy atom. The van der Waals surface area contributed by atoms with E-state index in [1.165, 1.54) is 25.7 Å². The monoisotopic (exact) mass is 299 g/mol. The molecular weight excluding hydrogens is 274 g/mol. The molecule has 3 atom stereocenters. The highest BCUT2D eigenvalue weighted by atomic mass is 35.5. The molecular formula is C15H26ClN3O. The fraction of sp³-hybridized carbons (Fsp3) is 0.800. The van der Waals surface area contributed by atoms with Crippen molar-refractivity contribution in [1.82, 2.24) is 9.78 Å². The van der Waals surface area contributed by atoms with E-state index in [1.807, 2.05) is 4.68 Å². The van der Waals surface area contributed by atoms with Gasteiger partial charge < -0.3 is 10.5 Å². The predicted molar refractivity (Wildman–Crippen MR) is 82.0 cm³/mol. The molecule has 1 aliphatic rings. The Labute approximate surface area is 126 Å². The lowest BCUT2D eigenvalue weighted by atomic mass is 9.72. The topological polar surface area (TPSA) is 53.1 Å². The van der Waals surface area contributed by atoms with Crippen molar-refractivity contribution in [2.45, 2.75) is 45.1 Å². The first kappa shape index (κ1) is 15.8. The van der Waals surface area contributed by atoms with Gasteiger partial charge in [0, 0.05) is 13.0 Å². The fourth-order valence-corrected chi connectivity index (χ4v) is 3.69. The van der Waals surface area contributed by atoms with Crippen LogP contribution in [0.5, 0.6) is 0 Å². The largest absolute Gasteiger partial charge is 0.383 e. The lowest BCUT2D eigenvalue weighted by molar-refractivity contribution is 0.177. The summed E-state index contributed by atoms with van der Waals surface area (Å²) in [6.45, 7) is 4.41. The van der Waals surface area contributed by atoms with Gasteiger partial charge in [0.25, 0.3) is 0 Å². The minimum absolute atomic E-state index is 0.436. The van der Waals surface area contributed by atoms with Crippen LogP contribution in [0.25, 0.3) is 0 Å². The lowest BCUT2D eigenvalue weighted by Crippen LogP contribution is -2.30. The number of nitrogens with zero attached hydrogens (tertiary/aromatic N) is 2. The molecule has 0 spiro atoms. The minimum atomic E-state index is 0.436. The Bertz CT molecular complexity index is 421. The summed E-state index contributed by atoms with van der Waals surface area (Å²) >= 11 is 6.41. The van der Waals surface area contributed by atoms with Gasteiger partial charge in [-0.05, 0) is 31.2 Å². The van der Waals surface area contributed by atoms with Gasteiger partial charge in [0.1, 0.15) is 0 Å². The molecule has 1 saturated carbocycles. The summed E-state index contributed by atoms with van der Waals surface area (Å²) in [5, 5.41) is 5.19. The van der Waals surface area contributed by atoms with Crippen molar-refractivity contribution in [3.05, 3.63) is 16.9 Å². The van der Waals surface area contributed by atoms with Crippen molar-refractivity contribution < 1.29 is 4.74 Å². The van der Waals surface area contributed by atoms with E-state index >= 15 is 0 Å². The van der Waals surface area contributed by atoms with Gasteiger partial charge in [-0.1, -0.05) is 31.4 Å². The highest BCUT2D eigenvalue weighted by molar-refractivity contribution is 6.31. The zero-order valence-electron chi connectivity index (χ0n) is 12.5. The molecule has 2 rings (SSSR count). The second kappa shape index (κ2) is 7.43. The van der Waals surface area contributed by atoms with Crippen molar-refractivity contribution in [2.75, 3.05) is 20.3 Å². The first-order valence-corrected chi connectivity index (χ1v) is 7.99. The van der Waals surface area contributed by atoms with Crippen molar-refractivity contribution in [1.29, 1.82) is 0 Å². The molecule has 0 aromatic carbocycles. The van der Waals surface area contributed by atoms with Gasteiger partial charge in [-0.15, -0.1) is 0 Å². The molecule has 0 amide bonds. The van der Waals surface area contributed by atoms with E-state index in [0.717, 1.165) is 29.7 Å². The van der Waals surface area contributed by atoms with Gasteiger partial charge in [0.15, 0.2) is 0 Å².